The van der Waals surface area contributed by atoms with Gasteiger partial charge in [-0.3, -0.25) is 4.79 Å². The number of carbonyl (C=O) groups excluding carboxylic acids is 1. The quantitative estimate of drug-likeness (QED) is 0.770. The minimum absolute atomic E-state index is 0.0451. The largest absolute Gasteiger partial charge is 0.367 e. The van der Waals surface area contributed by atoms with Crippen LogP contribution in [0, 0.1) is 11.3 Å². The Morgan fingerprint density at radius 2 is 1.78 bits per heavy atom. The first-order valence-corrected chi connectivity index (χ1v) is 8.91. The summed E-state index contributed by atoms with van der Waals surface area (Å²) >= 11 is 0. The molecule has 0 unspecified atom stereocenters. The van der Waals surface area contributed by atoms with Gasteiger partial charge in [0, 0.05) is 24.7 Å². The second-order valence-electron chi connectivity index (χ2n) is 8.44. The summed E-state index contributed by atoms with van der Waals surface area (Å²) in [5.41, 5.74) is 1.74. The summed E-state index contributed by atoms with van der Waals surface area (Å²) in [6.07, 6.45) is 9.25. The summed E-state index contributed by atoms with van der Waals surface area (Å²) in [4.78, 5) is 14.5. The van der Waals surface area contributed by atoms with Crippen molar-refractivity contribution in [3.63, 3.8) is 0 Å². The van der Waals surface area contributed by atoms with Crippen molar-refractivity contribution in [2.45, 2.75) is 65.0 Å². The van der Waals surface area contributed by atoms with Crippen LogP contribution in [0.25, 0.3) is 0 Å². The molecule has 0 radical (unpaired) electrons. The molecule has 0 atom stereocenters. The van der Waals surface area contributed by atoms with Crippen LogP contribution in [-0.2, 0) is 11.3 Å². The smallest absolute Gasteiger partial charge is 0.159 e. The van der Waals surface area contributed by atoms with Crippen molar-refractivity contribution in [1.29, 1.82) is 0 Å². The molecule has 2 aliphatic rings. The lowest BCUT2D eigenvalue weighted by atomic mass is 9.65. The number of carbonyl (C=O) groups is 1. The van der Waals surface area contributed by atoms with Gasteiger partial charge in [-0.15, -0.1) is 0 Å². The van der Waals surface area contributed by atoms with Gasteiger partial charge in [-0.1, -0.05) is 51.1 Å². The molecular formula is C21H29NO. The van der Waals surface area contributed by atoms with Crippen molar-refractivity contribution in [3.05, 3.63) is 48.2 Å². The van der Waals surface area contributed by atoms with E-state index in [9.17, 15) is 4.79 Å². The third-order valence-electron chi connectivity index (χ3n) is 5.89. The van der Waals surface area contributed by atoms with Crippen LogP contribution in [0.1, 0.15) is 58.4 Å². The van der Waals surface area contributed by atoms with Gasteiger partial charge in [-0.05, 0) is 48.7 Å². The average Bonchev–Trinajstić information content (AvgIpc) is 2.51. The Morgan fingerprint density at radius 1 is 1.13 bits per heavy atom. The van der Waals surface area contributed by atoms with Crippen molar-refractivity contribution in [1.82, 2.24) is 4.90 Å². The van der Waals surface area contributed by atoms with Crippen molar-refractivity contribution in [2.24, 2.45) is 11.3 Å². The molecule has 1 aliphatic carbocycles. The molecule has 2 nitrogen and oxygen atoms in total. The lowest BCUT2D eigenvalue weighted by molar-refractivity contribution is -0.119. The van der Waals surface area contributed by atoms with Gasteiger partial charge in [0.1, 0.15) is 0 Å². The molecular weight excluding hydrogens is 282 g/mol. The Hall–Kier alpha value is -1.57. The van der Waals surface area contributed by atoms with Crippen LogP contribution in [0.2, 0.25) is 0 Å². The SMILES string of the molecule is CC(C)(C)C1CCC2(CC1)CC(=O)C=CN2Cc1ccccc1. The van der Waals surface area contributed by atoms with E-state index in [1.54, 1.807) is 6.08 Å². The summed E-state index contributed by atoms with van der Waals surface area (Å²) in [5.74, 6) is 1.07. The van der Waals surface area contributed by atoms with E-state index in [4.69, 9.17) is 0 Å². The molecule has 0 saturated heterocycles. The highest BCUT2D eigenvalue weighted by Gasteiger charge is 2.44. The number of ketones is 1. The van der Waals surface area contributed by atoms with Crippen molar-refractivity contribution in [2.75, 3.05) is 0 Å². The Labute approximate surface area is 140 Å². The molecule has 1 aliphatic heterocycles. The first-order chi connectivity index (χ1) is 10.9. The van der Waals surface area contributed by atoms with Gasteiger partial charge in [0.2, 0.25) is 0 Å². The fraction of sp³-hybridized carbons (Fsp3) is 0.571. The Morgan fingerprint density at radius 3 is 2.39 bits per heavy atom. The van der Waals surface area contributed by atoms with E-state index in [0.717, 1.165) is 25.3 Å². The molecule has 0 amide bonds. The van der Waals surface area contributed by atoms with Gasteiger partial charge in [-0.25, -0.2) is 0 Å². The molecule has 1 saturated carbocycles. The standard InChI is InChI=1S/C21H29NO/c1-20(2,3)18-9-12-21(13-10-18)15-19(23)11-14-22(21)16-17-7-5-4-6-8-17/h4-8,11,14,18H,9-10,12-13,15-16H2,1-3H3. The molecule has 1 aromatic rings. The van der Waals surface area contributed by atoms with Crippen LogP contribution in [0.3, 0.4) is 0 Å². The fourth-order valence-corrected chi connectivity index (χ4v) is 4.30. The average molecular weight is 311 g/mol. The Bertz CT molecular complexity index is 574. The summed E-state index contributed by atoms with van der Waals surface area (Å²) < 4.78 is 0. The van der Waals surface area contributed by atoms with Gasteiger partial charge in [0.25, 0.3) is 0 Å². The minimum atomic E-state index is 0.0451. The first-order valence-electron chi connectivity index (χ1n) is 8.91. The molecule has 1 spiro atoms. The topological polar surface area (TPSA) is 20.3 Å². The summed E-state index contributed by atoms with van der Waals surface area (Å²) in [6.45, 7) is 7.96. The maximum Gasteiger partial charge on any atom is 0.159 e. The normalized spacial score (nSPS) is 28.4. The Kier molecular flexibility index (Phi) is 4.35. The van der Waals surface area contributed by atoms with E-state index >= 15 is 0 Å². The van der Waals surface area contributed by atoms with E-state index in [2.05, 4.69) is 62.2 Å². The maximum atomic E-state index is 12.1. The number of hydrogen-bond donors (Lipinski definition) is 0. The molecule has 1 aromatic carbocycles. The van der Waals surface area contributed by atoms with E-state index in [0.29, 0.717) is 17.6 Å². The van der Waals surface area contributed by atoms with E-state index in [-0.39, 0.29) is 5.54 Å². The second kappa shape index (κ2) is 6.14. The molecule has 1 heterocycles. The van der Waals surface area contributed by atoms with Crippen LogP contribution < -0.4 is 0 Å². The van der Waals surface area contributed by atoms with Gasteiger partial charge < -0.3 is 4.90 Å². The van der Waals surface area contributed by atoms with E-state index in [1.807, 2.05) is 0 Å². The van der Waals surface area contributed by atoms with Gasteiger partial charge in [-0.2, -0.15) is 0 Å². The van der Waals surface area contributed by atoms with Gasteiger partial charge >= 0.3 is 0 Å². The zero-order valence-corrected chi connectivity index (χ0v) is 14.7. The predicted octanol–water partition coefficient (Wildman–Crippen LogP) is 4.95. The first kappa shape index (κ1) is 16.3. The van der Waals surface area contributed by atoms with Crippen LogP contribution >= 0.6 is 0 Å². The molecule has 0 aromatic heterocycles. The molecule has 0 bridgehead atoms. The number of rotatable bonds is 2. The number of nitrogens with zero attached hydrogens (tertiary/aromatic N) is 1. The highest BCUT2D eigenvalue weighted by atomic mass is 16.1. The van der Waals surface area contributed by atoms with Crippen molar-refractivity contribution >= 4 is 5.78 Å². The second-order valence-corrected chi connectivity index (χ2v) is 8.44. The maximum absolute atomic E-state index is 12.1. The highest BCUT2D eigenvalue weighted by Crippen LogP contribution is 2.46. The third kappa shape index (κ3) is 3.52. The molecule has 0 N–H and O–H groups in total. The monoisotopic (exact) mass is 311 g/mol. The fourth-order valence-electron chi connectivity index (χ4n) is 4.30. The zero-order valence-electron chi connectivity index (χ0n) is 14.7. The summed E-state index contributed by atoms with van der Waals surface area (Å²) in [6, 6.07) is 10.6. The van der Waals surface area contributed by atoms with Gasteiger partial charge in [0.15, 0.2) is 5.78 Å². The van der Waals surface area contributed by atoms with Gasteiger partial charge in [0.05, 0.1) is 0 Å². The summed E-state index contributed by atoms with van der Waals surface area (Å²) in [5, 5.41) is 0. The zero-order chi connectivity index (χ0) is 16.5. The summed E-state index contributed by atoms with van der Waals surface area (Å²) in [7, 11) is 0. The predicted molar refractivity (Wildman–Crippen MR) is 94.9 cm³/mol. The van der Waals surface area contributed by atoms with Crippen LogP contribution in [-0.4, -0.2) is 16.2 Å². The third-order valence-corrected chi connectivity index (χ3v) is 5.89. The number of hydrogen-bond acceptors (Lipinski definition) is 2. The van der Waals surface area contributed by atoms with E-state index < -0.39 is 0 Å². The number of allylic oxidation sites excluding steroid dienone is 1. The van der Waals surface area contributed by atoms with Crippen LogP contribution in [0.15, 0.2) is 42.6 Å². The lowest BCUT2D eigenvalue weighted by Crippen LogP contribution is -2.52. The minimum Gasteiger partial charge on any atom is -0.367 e. The van der Waals surface area contributed by atoms with Crippen molar-refractivity contribution < 1.29 is 4.79 Å². The molecule has 1 fully saturated rings. The highest BCUT2D eigenvalue weighted by molar-refractivity contribution is 5.91. The lowest BCUT2D eigenvalue weighted by Gasteiger charge is -2.51. The number of benzene rings is 1. The molecule has 2 heteroatoms. The Balaban J connectivity index is 1.78. The van der Waals surface area contributed by atoms with Crippen molar-refractivity contribution in [3.8, 4) is 0 Å². The molecule has 3 rings (SSSR count). The van der Waals surface area contributed by atoms with Crippen LogP contribution in [0.5, 0.6) is 0 Å². The van der Waals surface area contributed by atoms with E-state index in [1.165, 1.54) is 18.4 Å². The molecule has 124 valence electrons. The van der Waals surface area contributed by atoms with Crippen LogP contribution in [0.4, 0.5) is 0 Å². The molecule has 23 heavy (non-hydrogen) atoms.